The number of aryl methyl sites for hydroxylation is 1. The molecule has 0 aliphatic rings. The van der Waals surface area contributed by atoms with Gasteiger partial charge in [-0.3, -0.25) is 4.79 Å². The zero-order valence-corrected chi connectivity index (χ0v) is 17.6. The van der Waals surface area contributed by atoms with Crippen LogP contribution in [0.15, 0.2) is 83.0 Å². The summed E-state index contributed by atoms with van der Waals surface area (Å²) in [4.78, 5) is 12.2. The zero-order valence-electron chi connectivity index (χ0n) is 16.8. The Bertz CT molecular complexity index is 1260. The smallest absolute Gasteiger partial charge is 0.302 e. The van der Waals surface area contributed by atoms with E-state index in [9.17, 15) is 9.90 Å². The Morgan fingerprint density at radius 2 is 1.74 bits per heavy atom. The van der Waals surface area contributed by atoms with Crippen molar-refractivity contribution in [3.8, 4) is 11.6 Å². The van der Waals surface area contributed by atoms with Gasteiger partial charge in [0.2, 0.25) is 5.88 Å². The van der Waals surface area contributed by atoms with E-state index in [1.54, 1.807) is 22.8 Å². The Kier molecular flexibility index (Phi) is 6.00. The molecule has 31 heavy (non-hydrogen) atoms. The molecule has 0 fully saturated rings. The van der Waals surface area contributed by atoms with Gasteiger partial charge in [-0.1, -0.05) is 60.1 Å². The van der Waals surface area contributed by atoms with E-state index in [1.165, 1.54) is 0 Å². The molecule has 3 aromatic carbocycles. The molecular formula is C24H20ClN3O3. The van der Waals surface area contributed by atoms with Gasteiger partial charge in [-0.2, -0.15) is 0 Å². The second-order valence-electron chi connectivity index (χ2n) is 7.05. The molecule has 156 valence electrons. The number of para-hydroxylation sites is 2. The molecule has 0 bridgehead atoms. The number of aromatic nitrogens is 1. The molecule has 0 atom stereocenters. The van der Waals surface area contributed by atoms with Crippen molar-refractivity contribution >= 4 is 34.1 Å². The maximum Gasteiger partial charge on any atom is 0.302 e. The highest BCUT2D eigenvalue weighted by atomic mass is 35.5. The Hall–Kier alpha value is -3.64. The summed E-state index contributed by atoms with van der Waals surface area (Å²) >= 11 is 5.96. The number of azo groups is 1. The van der Waals surface area contributed by atoms with Gasteiger partial charge < -0.3 is 14.4 Å². The molecule has 0 spiro atoms. The number of carbonyl (C=O) groups excluding carboxylic acids is 1. The molecule has 1 amide bonds. The largest absolute Gasteiger partial charge is 0.493 e. The minimum atomic E-state index is -0.544. The first-order valence-corrected chi connectivity index (χ1v) is 10.1. The first-order chi connectivity index (χ1) is 15.0. The fourth-order valence-electron chi connectivity index (χ4n) is 3.30. The van der Waals surface area contributed by atoms with Crippen molar-refractivity contribution in [1.82, 2.24) is 4.57 Å². The molecule has 6 nitrogen and oxygen atoms in total. The van der Waals surface area contributed by atoms with E-state index >= 15 is 0 Å². The number of hydrogen-bond donors (Lipinski definition) is 1. The van der Waals surface area contributed by atoms with Crippen molar-refractivity contribution in [1.29, 1.82) is 0 Å². The molecule has 0 saturated carbocycles. The highest BCUT2D eigenvalue weighted by molar-refractivity contribution is 6.30. The van der Waals surface area contributed by atoms with Crippen LogP contribution < -0.4 is 4.74 Å². The first-order valence-electron chi connectivity index (χ1n) is 9.70. The van der Waals surface area contributed by atoms with Crippen LogP contribution in [0.25, 0.3) is 10.9 Å². The molecular weight excluding hydrogens is 414 g/mol. The summed E-state index contributed by atoms with van der Waals surface area (Å²) in [5.74, 6) is 0.0122. The Morgan fingerprint density at radius 1 is 1.03 bits per heavy atom. The highest BCUT2D eigenvalue weighted by Crippen LogP contribution is 2.39. The molecule has 4 aromatic rings. The van der Waals surface area contributed by atoms with Crippen molar-refractivity contribution in [3.05, 3.63) is 88.9 Å². The van der Waals surface area contributed by atoms with Crippen molar-refractivity contribution < 1.29 is 14.6 Å². The van der Waals surface area contributed by atoms with Crippen molar-refractivity contribution in [2.75, 3.05) is 6.61 Å². The number of ether oxygens (including phenoxy) is 1. The fraction of sp³-hybridized carbons (Fsp3) is 0.125. The monoisotopic (exact) mass is 433 g/mol. The second kappa shape index (κ2) is 9.02. The Labute approximate surface area is 184 Å². The van der Waals surface area contributed by atoms with Gasteiger partial charge >= 0.3 is 5.91 Å². The third-order valence-corrected chi connectivity index (χ3v) is 5.13. The van der Waals surface area contributed by atoms with Crippen LogP contribution in [0.5, 0.6) is 11.6 Å². The van der Waals surface area contributed by atoms with Crippen LogP contribution in [-0.2, 0) is 11.3 Å². The lowest BCUT2D eigenvalue weighted by Gasteiger charge is -2.07. The molecule has 0 aliphatic carbocycles. The summed E-state index contributed by atoms with van der Waals surface area (Å²) in [7, 11) is 0. The van der Waals surface area contributed by atoms with E-state index in [-0.39, 0.29) is 18.2 Å². The third kappa shape index (κ3) is 4.59. The lowest BCUT2D eigenvalue weighted by molar-refractivity contribution is -0.120. The molecule has 7 heteroatoms. The summed E-state index contributed by atoms with van der Waals surface area (Å²) < 4.78 is 7.24. The number of benzene rings is 3. The number of hydrogen-bond acceptors (Lipinski definition) is 4. The molecule has 0 aliphatic heterocycles. The number of amides is 1. The lowest BCUT2D eigenvalue weighted by atomic mass is 10.2. The van der Waals surface area contributed by atoms with E-state index in [0.717, 1.165) is 16.6 Å². The predicted molar refractivity (Wildman–Crippen MR) is 120 cm³/mol. The van der Waals surface area contributed by atoms with Gasteiger partial charge in [-0.25, -0.2) is 0 Å². The van der Waals surface area contributed by atoms with E-state index in [1.807, 2.05) is 61.5 Å². The standard InChI is InChI=1S/C24H20ClN3O3/c1-16-6-2-5-9-21(16)31-15-22(29)26-27-23-19-7-3-4-8-20(19)28(24(23)30)14-17-10-12-18(25)13-11-17/h2-13,30H,14-15H2,1H3. The minimum Gasteiger partial charge on any atom is -0.493 e. The van der Waals surface area contributed by atoms with Crippen LogP contribution in [0.2, 0.25) is 5.02 Å². The maximum atomic E-state index is 12.2. The molecule has 0 saturated heterocycles. The number of carbonyl (C=O) groups is 1. The highest BCUT2D eigenvalue weighted by Gasteiger charge is 2.17. The number of fused-ring (bicyclic) bond motifs is 1. The zero-order chi connectivity index (χ0) is 21.8. The quantitative estimate of drug-likeness (QED) is 0.376. The van der Waals surface area contributed by atoms with Crippen molar-refractivity contribution in [2.45, 2.75) is 13.5 Å². The van der Waals surface area contributed by atoms with Gasteiger partial charge in [0.25, 0.3) is 0 Å². The molecule has 1 heterocycles. The molecule has 1 N–H and O–H groups in total. The fourth-order valence-corrected chi connectivity index (χ4v) is 3.42. The summed E-state index contributed by atoms with van der Waals surface area (Å²) in [6.45, 7) is 2.08. The normalized spacial score (nSPS) is 11.3. The van der Waals surface area contributed by atoms with E-state index in [4.69, 9.17) is 16.3 Å². The molecule has 1 aromatic heterocycles. The minimum absolute atomic E-state index is 0.0625. The summed E-state index contributed by atoms with van der Waals surface area (Å²) in [5, 5.41) is 20.0. The van der Waals surface area contributed by atoms with Gasteiger partial charge in [0.1, 0.15) is 5.75 Å². The average molecular weight is 434 g/mol. The average Bonchev–Trinajstić information content (AvgIpc) is 3.04. The molecule has 0 unspecified atom stereocenters. The number of rotatable bonds is 6. The summed E-state index contributed by atoms with van der Waals surface area (Å²) in [6.07, 6.45) is 0. The van der Waals surface area contributed by atoms with Crippen molar-refractivity contribution in [2.24, 2.45) is 10.2 Å². The Balaban J connectivity index is 1.57. The SMILES string of the molecule is Cc1ccccc1OCC(=O)N=Nc1c(O)n(Cc2ccc(Cl)cc2)c2ccccc12. The topological polar surface area (TPSA) is 76.2 Å². The van der Waals surface area contributed by atoms with E-state index < -0.39 is 5.91 Å². The molecule has 4 rings (SSSR count). The van der Waals surface area contributed by atoms with Crippen LogP contribution in [0.3, 0.4) is 0 Å². The van der Waals surface area contributed by atoms with Crippen LogP contribution in [0.4, 0.5) is 5.69 Å². The van der Waals surface area contributed by atoms with E-state index in [0.29, 0.717) is 22.7 Å². The third-order valence-electron chi connectivity index (χ3n) is 4.88. The van der Waals surface area contributed by atoms with Crippen molar-refractivity contribution in [3.63, 3.8) is 0 Å². The van der Waals surface area contributed by atoms with Crippen LogP contribution >= 0.6 is 11.6 Å². The van der Waals surface area contributed by atoms with Crippen LogP contribution in [-0.4, -0.2) is 22.2 Å². The predicted octanol–water partition coefficient (Wildman–Crippen LogP) is 6.05. The first kappa shape index (κ1) is 20.6. The second-order valence-corrected chi connectivity index (χ2v) is 7.49. The summed E-state index contributed by atoms with van der Waals surface area (Å²) in [5.41, 5.74) is 2.92. The van der Waals surface area contributed by atoms with Gasteiger partial charge in [-0.15, -0.1) is 10.2 Å². The van der Waals surface area contributed by atoms with Crippen LogP contribution in [0, 0.1) is 6.92 Å². The van der Waals surface area contributed by atoms with Crippen LogP contribution in [0.1, 0.15) is 11.1 Å². The number of halogens is 1. The number of nitrogens with zero attached hydrogens (tertiary/aromatic N) is 3. The van der Waals surface area contributed by atoms with Gasteiger partial charge in [0.15, 0.2) is 12.3 Å². The van der Waals surface area contributed by atoms with Gasteiger partial charge in [0.05, 0.1) is 12.1 Å². The lowest BCUT2D eigenvalue weighted by Crippen LogP contribution is -2.08. The maximum absolute atomic E-state index is 12.2. The number of aromatic hydroxyl groups is 1. The molecule has 0 radical (unpaired) electrons. The van der Waals surface area contributed by atoms with E-state index in [2.05, 4.69) is 10.2 Å². The van der Waals surface area contributed by atoms with Gasteiger partial charge in [-0.05, 0) is 42.3 Å². The van der Waals surface area contributed by atoms with Gasteiger partial charge in [0, 0.05) is 10.4 Å². The Morgan fingerprint density at radius 3 is 2.52 bits per heavy atom. The summed E-state index contributed by atoms with van der Waals surface area (Å²) in [6, 6.07) is 22.2.